The molecule has 0 saturated carbocycles. The molecule has 0 aliphatic carbocycles. The van der Waals surface area contributed by atoms with Crippen molar-refractivity contribution in [1.82, 2.24) is 15.2 Å². The van der Waals surface area contributed by atoms with Gasteiger partial charge in [0, 0.05) is 25.4 Å². The number of rotatable bonds is 2. The highest BCUT2D eigenvalue weighted by molar-refractivity contribution is 5.88. The number of pyridine rings is 1. The molecule has 5 rings (SSSR count). The largest absolute Gasteiger partial charge is 0.586 e. The molecule has 0 bridgehead atoms. The molecule has 1 amide bonds. The minimum absolute atomic E-state index is 0.0124. The summed E-state index contributed by atoms with van der Waals surface area (Å²) in [5.74, 6) is 0.159. The number of benzene rings is 1. The predicted molar refractivity (Wildman–Crippen MR) is 96.0 cm³/mol. The third-order valence-corrected chi connectivity index (χ3v) is 5.82. The van der Waals surface area contributed by atoms with E-state index in [2.05, 4.69) is 15.0 Å². The number of hydrogen-bond acceptors (Lipinski definition) is 5. The van der Waals surface area contributed by atoms with E-state index in [9.17, 15) is 13.6 Å². The van der Waals surface area contributed by atoms with Crippen molar-refractivity contribution in [2.75, 3.05) is 13.6 Å². The first kappa shape index (κ1) is 17.4. The first-order valence-electron chi connectivity index (χ1n) is 9.25. The minimum Gasteiger partial charge on any atom is -0.395 e. The van der Waals surface area contributed by atoms with Gasteiger partial charge in [-0.2, -0.15) is 0 Å². The standard InChI is InChI=1S/C20H19F2N3O3/c1-25-10-8-19(18(25)26)7-5-14(24-19)15-11-12(6-9-23-15)13-3-2-4-16-17(13)28-20(21,22)27-16/h2-4,6,9,11,14,24H,5,7-8,10H2,1H3/t14-,19+/m1/s1. The highest BCUT2D eigenvalue weighted by Gasteiger charge is 2.50. The zero-order valence-electron chi connectivity index (χ0n) is 15.2. The molecule has 2 aromatic rings. The quantitative estimate of drug-likeness (QED) is 0.858. The van der Waals surface area contributed by atoms with Gasteiger partial charge in [0.1, 0.15) is 5.54 Å². The second kappa shape index (κ2) is 5.88. The van der Waals surface area contributed by atoms with Crippen LogP contribution >= 0.6 is 0 Å². The fourth-order valence-electron chi connectivity index (χ4n) is 4.39. The van der Waals surface area contributed by atoms with Crippen LogP contribution in [0.2, 0.25) is 0 Å². The monoisotopic (exact) mass is 387 g/mol. The molecule has 2 atom stereocenters. The number of nitrogens with one attached hydrogen (secondary N) is 1. The third-order valence-electron chi connectivity index (χ3n) is 5.82. The summed E-state index contributed by atoms with van der Waals surface area (Å²) in [7, 11) is 1.82. The van der Waals surface area contributed by atoms with E-state index in [-0.39, 0.29) is 23.4 Å². The first-order chi connectivity index (χ1) is 13.4. The molecular weight excluding hydrogens is 368 g/mol. The summed E-state index contributed by atoms with van der Waals surface area (Å²) in [6.45, 7) is 0.744. The van der Waals surface area contributed by atoms with Gasteiger partial charge in [-0.25, -0.2) is 0 Å². The van der Waals surface area contributed by atoms with Crippen molar-refractivity contribution in [3.8, 4) is 22.6 Å². The maximum absolute atomic E-state index is 13.5. The number of alkyl halides is 2. The van der Waals surface area contributed by atoms with E-state index in [4.69, 9.17) is 4.74 Å². The normalized spacial score (nSPS) is 27.8. The number of halogens is 2. The lowest BCUT2D eigenvalue weighted by molar-refractivity contribution is -0.286. The van der Waals surface area contributed by atoms with Gasteiger partial charge in [-0.15, -0.1) is 8.78 Å². The zero-order chi connectivity index (χ0) is 19.5. The van der Waals surface area contributed by atoms with Gasteiger partial charge in [0.25, 0.3) is 0 Å². The van der Waals surface area contributed by atoms with Crippen LogP contribution in [0.15, 0.2) is 36.5 Å². The van der Waals surface area contributed by atoms with Gasteiger partial charge in [0.2, 0.25) is 5.91 Å². The lowest BCUT2D eigenvalue weighted by atomic mass is 9.96. The molecule has 2 saturated heterocycles. The van der Waals surface area contributed by atoms with Crippen LogP contribution in [0.1, 0.15) is 31.0 Å². The van der Waals surface area contributed by atoms with Crippen molar-refractivity contribution in [1.29, 1.82) is 0 Å². The number of carbonyl (C=O) groups excluding carboxylic acids is 1. The number of hydrogen-bond donors (Lipinski definition) is 1. The minimum atomic E-state index is -3.66. The summed E-state index contributed by atoms with van der Waals surface area (Å²) in [5, 5.41) is 3.48. The van der Waals surface area contributed by atoms with Crippen LogP contribution in [0.25, 0.3) is 11.1 Å². The molecule has 146 valence electrons. The Labute approximate surface area is 160 Å². The molecule has 1 N–H and O–H groups in total. The molecular formula is C20H19F2N3O3. The number of aromatic nitrogens is 1. The smallest absolute Gasteiger partial charge is 0.395 e. The molecule has 2 fully saturated rings. The van der Waals surface area contributed by atoms with Crippen LogP contribution < -0.4 is 14.8 Å². The number of likely N-dealkylation sites (N-methyl/N-ethyl adjacent to an activating group) is 1. The first-order valence-corrected chi connectivity index (χ1v) is 9.25. The van der Waals surface area contributed by atoms with E-state index in [1.165, 1.54) is 6.07 Å². The Hall–Kier alpha value is -2.74. The SMILES string of the molecule is CN1CC[C@@]2(CC[C@H](c3cc(-c4cccc5c4OC(F)(F)O5)ccn3)N2)C1=O. The molecule has 1 aromatic heterocycles. The van der Waals surface area contributed by atoms with Crippen LogP contribution in [0.5, 0.6) is 11.5 Å². The molecule has 6 nitrogen and oxygen atoms in total. The Kier molecular flexibility index (Phi) is 3.64. The van der Waals surface area contributed by atoms with Gasteiger partial charge in [-0.3, -0.25) is 15.1 Å². The predicted octanol–water partition coefficient (Wildman–Crippen LogP) is 3.10. The van der Waals surface area contributed by atoms with Crippen LogP contribution in [0.3, 0.4) is 0 Å². The molecule has 3 aliphatic heterocycles. The summed E-state index contributed by atoms with van der Waals surface area (Å²) in [6.07, 6.45) is 0.318. The molecule has 0 radical (unpaired) electrons. The summed E-state index contributed by atoms with van der Waals surface area (Å²) in [5.41, 5.74) is 1.49. The van der Waals surface area contributed by atoms with Gasteiger partial charge in [-0.05, 0) is 43.0 Å². The van der Waals surface area contributed by atoms with Gasteiger partial charge >= 0.3 is 6.29 Å². The molecule has 4 heterocycles. The average molecular weight is 387 g/mol. The van der Waals surface area contributed by atoms with Crippen molar-refractivity contribution in [2.24, 2.45) is 0 Å². The van der Waals surface area contributed by atoms with Crippen molar-refractivity contribution >= 4 is 5.91 Å². The van der Waals surface area contributed by atoms with E-state index < -0.39 is 11.8 Å². The Balaban J connectivity index is 1.45. The Morgan fingerprint density at radius 2 is 2.11 bits per heavy atom. The molecule has 0 unspecified atom stereocenters. The van der Waals surface area contributed by atoms with E-state index in [0.717, 1.165) is 31.5 Å². The van der Waals surface area contributed by atoms with E-state index in [0.29, 0.717) is 11.1 Å². The third kappa shape index (κ3) is 2.63. The zero-order valence-corrected chi connectivity index (χ0v) is 15.2. The van der Waals surface area contributed by atoms with Gasteiger partial charge < -0.3 is 14.4 Å². The second-order valence-corrected chi connectivity index (χ2v) is 7.56. The number of carbonyl (C=O) groups is 1. The fraction of sp³-hybridized carbons (Fsp3) is 0.400. The van der Waals surface area contributed by atoms with Crippen LogP contribution in [-0.2, 0) is 4.79 Å². The van der Waals surface area contributed by atoms with E-state index >= 15 is 0 Å². The van der Waals surface area contributed by atoms with E-state index in [1.54, 1.807) is 29.3 Å². The summed E-state index contributed by atoms with van der Waals surface area (Å²) < 4.78 is 36.2. The van der Waals surface area contributed by atoms with Crippen LogP contribution in [-0.4, -0.2) is 41.2 Å². The number of likely N-dealkylation sites (tertiary alicyclic amines) is 1. The molecule has 3 aliphatic rings. The number of ether oxygens (including phenoxy) is 2. The van der Waals surface area contributed by atoms with Crippen molar-refractivity contribution < 1.29 is 23.0 Å². The molecule has 1 aromatic carbocycles. The molecule has 1 spiro atoms. The highest BCUT2D eigenvalue weighted by Crippen LogP contribution is 2.47. The van der Waals surface area contributed by atoms with Gasteiger partial charge in [-0.1, -0.05) is 12.1 Å². The summed E-state index contributed by atoms with van der Waals surface area (Å²) in [6, 6.07) is 8.35. The Morgan fingerprint density at radius 3 is 2.89 bits per heavy atom. The van der Waals surface area contributed by atoms with Gasteiger partial charge in [0.05, 0.1) is 11.7 Å². The maximum Gasteiger partial charge on any atom is 0.586 e. The van der Waals surface area contributed by atoms with Crippen LogP contribution in [0.4, 0.5) is 8.78 Å². The number of para-hydroxylation sites is 1. The molecule has 28 heavy (non-hydrogen) atoms. The number of fused-ring (bicyclic) bond motifs is 1. The van der Waals surface area contributed by atoms with Crippen molar-refractivity contribution in [3.63, 3.8) is 0 Å². The van der Waals surface area contributed by atoms with Gasteiger partial charge in [0.15, 0.2) is 11.5 Å². The topological polar surface area (TPSA) is 63.7 Å². The van der Waals surface area contributed by atoms with Crippen LogP contribution in [0, 0.1) is 0 Å². The van der Waals surface area contributed by atoms with Crippen molar-refractivity contribution in [2.45, 2.75) is 37.1 Å². The number of nitrogens with zero attached hydrogens (tertiary/aromatic N) is 2. The Morgan fingerprint density at radius 1 is 1.25 bits per heavy atom. The summed E-state index contributed by atoms with van der Waals surface area (Å²) in [4.78, 5) is 18.7. The number of amides is 1. The lowest BCUT2D eigenvalue weighted by Crippen LogP contribution is -2.47. The lowest BCUT2D eigenvalue weighted by Gasteiger charge is -2.23. The Bertz CT molecular complexity index is 967. The highest BCUT2D eigenvalue weighted by atomic mass is 19.3. The second-order valence-electron chi connectivity index (χ2n) is 7.56. The fourth-order valence-corrected chi connectivity index (χ4v) is 4.39. The van der Waals surface area contributed by atoms with E-state index in [1.807, 2.05) is 13.1 Å². The maximum atomic E-state index is 13.5. The average Bonchev–Trinajstić information content (AvgIpc) is 3.33. The summed E-state index contributed by atoms with van der Waals surface area (Å²) >= 11 is 0. The molecule has 8 heteroatoms. The van der Waals surface area contributed by atoms with Crippen molar-refractivity contribution in [3.05, 3.63) is 42.2 Å².